The Morgan fingerprint density at radius 3 is 2.66 bits per heavy atom. The van der Waals surface area contributed by atoms with Crippen LogP contribution in [0.2, 0.25) is 5.02 Å². The zero-order valence-electron chi connectivity index (χ0n) is 15.9. The number of benzene rings is 2. The molecule has 0 bridgehead atoms. The van der Waals surface area contributed by atoms with E-state index in [4.69, 9.17) is 11.6 Å². The number of fused-ring (bicyclic) bond motifs is 1. The first-order valence-corrected chi connectivity index (χ1v) is 10.3. The fraction of sp³-hybridized carbons (Fsp3) is 0.143. The molecule has 29 heavy (non-hydrogen) atoms. The van der Waals surface area contributed by atoms with Crippen LogP contribution in [0, 0.1) is 13.8 Å². The van der Waals surface area contributed by atoms with Crippen molar-refractivity contribution in [3.63, 3.8) is 0 Å². The Morgan fingerprint density at radius 1 is 1.10 bits per heavy atom. The lowest BCUT2D eigenvalue weighted by Gasteiger charge is -2.08. The van der Waals surface area contributed by atoms with E-state index >= 15 is 0 Å². The molecule has 4 rings (SSSR count). The lowest BCUT2D eigenvalue weighted by atomic mass is 10.1. The summed E-state index contributed by atoms with van der Waals surface area (Å²) < 4.78 is 1.73. The summed E-state index contributed by atoms with van der Waals surface area (Å²) in [6, 6.07) is 13.2. The molecule has 1 amide bonds. The monoisotopic (exact) mass is 423 g/mol. The summed E-state index contributed by atoms with van der Waals surface area (Å²) in [6.45, 7) is 4.07. The molecule has 0 unspecified atom stereocenters. The molecule has 0 fully saturated rings. The van der Waals surface area contributed by atoms with E-state index in [2.05, 4.69) is 20.4 Å². The van der Waals surface area contributed by atoms with Gasteiger partial charge in [-0.25, -0.2) is 14.6 Å². The minimum atomic E-state index is -0.0879. The number of anilines is 1. The second-order valence-corrected chi connectivity index (χ2v) is 7.99. The predicted octanol–water partition coefficient (Wildman–Crippen LogP) is 4.82. The van der Waals surface area contributed by atoms with Crippen LogP contribution in [-0.2, 0) is 4.79 Å². The Balaban J connectivity index is 1.50. The maximum atomic E-state index is 12.4. The molecule has 0 spiro atoms. The van der Waals surface area contributed by atoms with E-state index < -0.39 is 0 Å². The summed E-state index contributed by atoms with van der Waals surface area (Å²) >= 11 is 7.32. The Labute approximate surface area is 177 Å². The Morgan fingerprint density at radius 2 is 1.90 bits per heavy atom. The highest BCUT2D eigenvalue weighted by atomic mass is 35.5. The highest BCUT2D eigenvalue weighted by Crippen LogP contribution is 2.26. The van der Waals surface area contributed by atoms with Gasteiger partial charge in [-0.05, 0) is 61.4 Å². The number of nitrogens with zero attached hydrogens (tertiary/aromatic N) is 4. The Hall–Kier alpha value is -2.90. The highest BCUT2D eigenvalue weighted by molar-refractivity contribution is 8.00. The second-order valence-electron chi connectivity index (χ2n) is 6.58. The zero-order valence-corrected chi connectivity index (χ0v) is 17.5. The molecule has 2 heterocycles. The van der Waals surface area contributed by atoms with Crippen LogP contribution in [0.5, 0.6) is 0 Å². The number of aryl methyl sites for hydroxylation is 2. The molecular weight excluding hydrogens is 406 g/mol. The molecule has 0 aliphatic rings. The van der Waals surface area contributed by atoms with Crippen molar-refractivity contribution in [2.24, 2.45) is 0 Å². The highest BCUT2D eigenvalue weighted by Gasteiger charge is 2.13. The van der Waals surface area contributed by atoms with Gasteiger partial charge in [-0.3, -0.25) is 4.79 Å². The van der Waals surface area contributed by atoms with E-state index in [9.17, 15) is 4.79 Å². The third-order valence-corrected chi connectivity index (χ3v) is 5.79. The van der Waals surface area contributed by atoms with E-state index in [1.165, 1.54) is 23.7 Å². The maximum Gasteiger partial charge on any atom is 0.234 e. The van der Waals surface area contributed by atoms with Crippen LogP contribution >= 0.6 is 23.4 Å². The smallest absolute Gasteiger partial charge is 0.234 e. The largest absolute Gasteiger partial charge is 0.325 e. The number of aromatic nitrogens is 4. The standard InChI is InChI=1S/C21H18ClN5OS/c1-13-3-6-16(9-14(13)2)26-19(28)11-29-21-18-10-25-27(20(18)23-12-24-21)17-7-4-15(22)5-8-17/h3-10,12H,11H2,1-2H3,(H,26,28). The molecular formula is C21H18ClN5OS. The van der Waals surface area contributed by atoms with Gasteiger partial charge in [0.05, 0.1) is 23.0 Å². The van der Waals surface area contributed by atoms with Crippen molar-refractivity contribution in [2.75, 3.05) is 11.1 Å². The van der Waals surface area contributed by atoms with Crippen LogP contribution in [0.4, 0.5) is 5.69 Å². The number of carbonyl (C=O) groups excluding carboxylic acids is 1. The fourth-order valence-corrected chi connectivity index (χ4v) is 3.75. The van der Waals surface area contributed by atoms with Crippen LogP contribution in [0.3, 0.4) is 0 Å². The first kappa shape index (κ1) is 19.4. The van der Waals surface area contributed by atoms with E-state index in [0.717, 1.165) is 22.3 Å². The van der Waals surface area contributed by atoms with E-state index in [1.807, 2.05) is 44.2 Å². The maximum absolute atomic E-state index is 12.4. The molecule has 4 aromatic rings. The number of hydrogen-bond acceptors (Lipinski definition) is 5. The predicted molar refractivity (Wildman–Crippen MR) is 117 cm³/mol. The van der Waals surface area contributed by atoms with E-state index in [-0.39, 0.29) is 11.7 Å². The summed E-state index contributed by atoms with van der Waals surface area (Å²) in [5, 5.41) is 9.52. The number of amides is 1. The van der Waals surface area contributed by atoms with E-state index in [1.54, 1.807) is 23.0 Å². The van der Waals surface area contributed by atoms with Crippen molar-refractivity contribution < 1.29 is 4.79 Å². The Bertz CT molecular complexity index is 1190. The molecule has 0 aliphatic carbocycles. The van der Waals surface area contributed by atoms with Crippen LogP contribution in [-0.4, -0.2) is 31.4 Å². The van der Waals surface area contributed by atoms with Crippen molar-refractivity contribution in [2.45, 2.75) is 18.9 Å². The van der Waals surface area contributed by atoms with Gasteiger partial charge >= 0.3 is 0 Å². The van der Waals surface area contributed by atoms with Crippen LogP contribution < -0.4 is 5.32 Å². The van der Waals surface area contributed by atoms with Gasteiger partial charge < -0.3 is 5.32 Å². The normalized spacial score (nSPS) is 11.0. The third kappa shape index (κ3) is 4.26. The van der Waals surface area contributed by atoms with Crippen LogP contribution in [0.15, 0.2) is 60.0 Å². The lowest BCUT2D eigenvalue weighted by molar-refractivity contribution is -0.113. The summed E-state index contributed by atoms with van der Waals surface area (Å²) in [4.78, 5) is 21.1. The fourth-order valence-electron chi connectivity index (χ4n) is 2.86. The molecule has 1 N–H and O–H groups in total. The molecule has 8 heteroatoms. The summed E-state index contributed by atoms with van der Waals surface area (Å²) in [6.07, 6.45) is 3.20. The Kier molecular flexibility index (Phi) is 5.51. The zero-order chi connectivity index (χ0) is 20.4. The average Bonchev–Trinajstić information content (AvgIpc) is 3.14. The number of carbonyl (C=O) groups is 1. The van der Waals surface area contributed by atoms with Crippen LogP contribution in [0.1, 0.15) is 11.1 Å². The third-order valence-electron chi connectivity index (χ3n) is 4.53. The first-order chi connectivity index (χ1) is 14.0. The van der Waals surface area contributed by atoms with Crippen molar-refractivity contribution in [3.05, 3.63) is 71.1 Å². The van der Waals surface area contributed by atoms with Gasteiger partial charge in [0.25, 0.3) is 0 Å². The SMILES string of the molecule is Cc1ccc(NC(=O)CSc2ncnc3c2cnn3-c2ccc(Cl)cc2)cc1C. The number of rotatable bonds is 5. The van der Waals surface area contributed by atoms with E-state index in [0.29, 0.717) is 15.7 Å². The number of halogens is 1. The van der Waals surface area contributed by atoms with Gasteiger partial charge in [0, 0.05) is 10.7 Å². The quantitative estimate of drug-likeness (QED) is 0.368. The number of nitrogens with one attached hydrogen (secondary N) is 1. The molecule has 0 aliphatic heterocycles. The van der Waals surface area contributed by atoms with Gasteiger partial charge in [-0.2, -0.15) is 5.10 Å². The van der Waals surface area contributed by atoms with Crippen molar-refractivity contribution in [1.82, 2.24) is 19.7 Å². The minimum absolute atomic E-state index is 0.0879. The molecule has 2 aromatic heterocycles. The number of hydrogen-bond donors (Lipinski definition) is 1. The van der Waals surface area contributed by atoms with Crippen molar-refractivity contribution >= 4 is 46.0 Å². The molecule has 0 saturated carbocycles. The van der Waals surface area contributed by atoms with Crippen LogP contribution in [0.25, 0.3) is 16.7 Å². The average molecular weight is 424 g/mol. The number of thioether (sulfide) groups is 1. The van der Waals surface area contributed by atoms with Gasteiger partial charge in [0.1, 0.15) is 11.4 Å². The minimum Gasteiger partial charge on any atom is -0.325 e. The topological polar surface area (TPSA) is 72.7 Å². The molecule has 6 nitrogen and oxygen atoms in total. The first-order valence-electron chi connectivity index (χ1n) is 8.96. The molecule has 146 valence electrons. The van der Waals surface area contributed by atoms with Gasteiger partial charge in [-0.1, -0.05) is 29.4 Å². The lowest BCUT2D eigenvalue weighted by Crippen LogP contribution is -2.14. The molecule has 0 radical (unpaired) electrons. The van der Waals surface area contributed by atoms with Crippen molar-refractivity contribution in [3.8, 4) is 5.69 Å². The molecule has 0 saturated heterocycles. The molecule has 0 atom stereocenters. The second kappa shape index (κ2) is 8.23. The summed E-state index contributed by atoms with van der Waals surface area (Å²) in [5.41, 5.74) is 4.66. The summed E-state index contributed by atoms with van der Waals surface area (Å²) in [5.74, 6) is 0.153. The van der Waals surface area contributed by atoms with Crippen molar-refractivity contribution in [1.29, 1.82) is 0 Å². The molecule has 2 aromatic carbocycles. The van der Waals surface area contributed by atoms with Gasteiger partial charge in [0.2, 0.25) is 5.91 Å². The van der Waals surface area contributed by atoms with Gasteiger partial charge in [0.15, 0.2) is 5.65 Å². The summed E-state index contributed by atoms with van der Waals surface area (Å²) in [7, 11) is 0. The van der Waals surface area contributed by atoms with Gasteiger partial charge in [-0.15, -0.1) is 0 Å².